The Kier molecular flexibility index (Phi) is 6.58. The van der Waals surface area contributed by atoms with Gasteiger partial charge in [0.05, 0.1) is 26.9 Å². The normalized spacial score (nSPS) is 10.3. The van der Waals surface area contributed by atoms with E-state index in [4.69, 9.17) is 14.2 Å². The molecule has 0 heterocycles. The van der Waals surface area contributed by atoms with Crippen LogP contribution < -0.4 is 14.2 Å². The largest absolute Gasteiger partial charge is 0.493 e. The van der Waals surface area contributed by atoms with E-state index in [0.717, 1.165) is 10.5 Å². The highest BCUT2D eigenvalue weighted by Gasteiger charge is 2.20. The molecular formula is C19H23NO4S. The lowest BCUT2D eigenvalue weighted by atomic mass is 10.1. The molecule has 2 aromatic rings. The average Bonchev–Trinajstić information content (AvgIpc) is 2.66. The zero-order valence-corrected chi connectivity index (χ0v) is 16.0. The number of nitrogens with zero attached hydrogens (tertiary/aromatic N) is 1. The van der Waals surface area contributed by atoms with Gasteiger partial charge in [0, 0.05) is 24.1 Å². The van der Waals surface area contributed by atoms with Gasteiger partial charge in [-0.2, -0.15) is 0 Å². The summed E-state index contributed by atoms with van der Waals surface area (Å²) in [6.07, 6.45) is 1.96. The lowest BCUT2D eigenvalue weighted by Crippen LogP contribution is -2.27. The number of carbonyl (C=O) groups excluding carboxylic acids is 1. The average molecular weight is 361 g/mol. The minimum Gasteiger partial charge on any atom is -0.493 e. The van der Waals surface area contributed by atoms with Crippen molar-refractivity contribution < 1.29 is 19.0 Å². The van der Waals surface area contributed by atoms with Crippen LogP contribution in [0, 0.1) is 0 Å². The fourth-order valence-electron chi connectivity index (χ4n) is 2.64. The third-order valence-corrected chi connectivity index (χ3v) is 4.67. The predicted molar refractivity (Wildman–Crippen MR) is 100 cm³/mol. The van der Waals surface area contributed by atoms with Crippen LogP contribution in [0.25, 0.3) is 0 Å². The quantitative estimate of drug-likeness (QED) is 0.704. The van der Waals surface area contributed by atoms with Crippen molar-refractivity contribution in [3.8, 4) is 17.2 Å². The summed E-state index contributed by atoms with van der Waals surface area (Å²) < 4.78 is 16.2. The Morgan fingerprint density at radius 3 is 2.28 bits per heavy atom. The molecular weight excluding hydrogens is 338 g/mol. The highest BCUT2D eigenvalue weighted by Crippen LogP contribution is 2.40. The van der Waals surface area contributed by atoms with E-state index in [1.54, 1.807) is 45.0 Å². The number of benzene rings is 2. The van der Waals surface area contributed by atoms with Gasteiger partial charge in [-0.1, -0.05) is 12.1 Å². The van der Waals surface area contributed by atoms with Crippen LogP contribution in [0.1, 0.15) is 15.9 Å². The van der Waals surface area contributed by atoms with Crippen LogP contribution >= 0.6 is 11.8 Å². The molecule has 0 N–H and O–H groups in total. The first-order chi connectivity index (χ1) is 12.1. The fourth-order valence-corrected chi connectivity index (χ4v) is 3.23. The molecule has 0 saturated carbocycles. The highest BCUT2D eigenvalue weighted by atomic mass is 32.2. The van der Waals surface area contributed by atoms with Crippen LogP contribution in [0.3, 0.4) is 0 Å². The Labute approximate surface area is 152 Å². The molecule has 0 aliphatic heterocycles. The Balaban J connectivity index is 2.31. The summed E-state index contributed by atoms with van der Waals surface area (Å²) in [5.41, 5.74) is 1.54. The van der Waals surface area contributed by atoms with Crippen LogP contribution in [-0.2, 0) is 6.54 Å². The van der Waals surface area contributed by atoms with Gasteiger partial charge in [-0.05, 0) is 30.5 Å². The summed E-state index contributed by atoms with van der Waals surface area (Å²) in [7, 11) is 6.49. The lowest BCUT2D eigenvalue weighted by Gasteiger charge is -2.21. The zero-order valence-electron chi connectivity index (χ0n) is 15.2. The molecule has 1 amide bonds. The van der Waals surface area contributed by atoms with Gasteiger partial charge < -0.3 is 19.1 Å². The first-order valence-electron chi connectivity index (χ1n) is 7.73. The Hall–Kier alpha value is -2.34. The van der Waals surface area contributed by atoms with Crippen molar-refractivity contribution in [2.75, 3.05) is 34.6 Å². The summed E-state index contributed by atoms with van der Waals surface area (Å²) in [4.78, 5) is 15.4. The molecule has 0 spiro atoms. The standard InChI is InChI=1S/C19H23NO4S/c1-20(19(21)14-8-6-7-9-16(14)25-5)12-13-10-11-15(22-2)18(24-4)17(13)23-3/h6-11H,12H2,1-5H3. The van der Waals surface area contributed by atoms with Crippen molar-refractivity contribution in [1.29, 1.82) is 0 Å². The molecule has 25 heavy (non-hydrogen) atoms. The van der Waals surface area contributed by atoms with Crippen molar-refractivity contribution in [1.82, 2.24) is 4.90 Å². The van der Waals surface area contributed by atoms with Gasteiger partial charge in [0.15, 0.2) is 11.5 Å². The molecule has 0 saturated heterocycles. The predicted octanol–water partition coefficient (Wildman–Crippen LogP) is 3.71. The van der Waals surface area contributed by atoms with Crippen molar-refractivity contribution in [2.45, 2.75) is 11.4 Å². The summed E-state index contributed by atoms with van der Waals surface area (Å²) >= 11 is 1.56. The van der Waals surface area contributed by atoms with Crippen molar-refractivity contribution in [3.63, 3.8) is 0 Å². The topological polar surface area (TPSA) is 48.0 Å². The molecule has 5 nitrogen and oxygen atoms in total. The maximum atomic E-state index is 12.8. The minimum absolute atomic E-state index is 0.0400. The number of hydrogen-bond acceptors (Lipinski definition) is 5. The van der Waals surface area contributed by atoms with E-state index < -0.39 is 0 Å². The van der Waals surface area contributed by atoms with Crippen molar-refractivity contribution >= 4 is 17.7 Å². The molecule has 0 fully saturated rings. The molecule has 0 aromatic heterocycles. The maximum Gasteiger partial charge on any atom is 0.255 e. The SMILES string of the molecule is COc1ccc(CN(C)C(=O)c2ccccc2SC)c(OC)c1OC. The highest BCUT2D eigenvalue weighted by molar-refractivity contribution is 7.98. The van der Waals surface area contributed by atoms with Crippen LogP contribution in [0.4, 0.5) is 0 Å². The minimum atomic E-state index is -0.0400. The van der Waals surface area contributed by atoms with E-state index in [1.807, 2.05) is 42.7 Å². The van der Waals surface area contributed by atoms with Gasteiger partial charge in [-0.3, -0.25) is 4.79 Å². The van der Waals surface area contributed by atoms with E-state index in [2.05, 4.69) is 0 Å². The molecule has 0 radical (unpaired) electrons. The number of ether oxygens (including phenoxy) is 3. The van der Waals surface area contributed by atoms with Crippen LogP contribution in [0.15, 0.2) is 41.3 Å². The summed E-state index contributed by atoms with van der Waals surface area (Å²) in [5, 5.41) is 0. The van der Waals surface area contributed by atoms with E-state index in [-0.39, 0.29) is 5.91 Å². The second-order valence-corrected chi connectivity index (χ2v) is 6.20. The third-order valence-electron chi connectivity index (χ3n) is 3.88. The summed E-state index contributed by atoms with van der Waals surface area (Å²) in [6, 6.07) is 11.3. The first-order valence-corrected chi connectivity index (χ1v) is 8.96. The summed E-state index contributed by atoms with van der Waals surface area (Å²) in [5.74, 6) is 1.64. The molecule has 0 bridgehead atoms. The third kappa shape index (κ3) is 4.02. The van der Waals surface area contributed by atoms with Gasteiger partial charge in [0.1, 0.15) is 0 Å². The monoisotopic (exact) mass is 361 g/mol. The molecule has 134 valence electrons. The fraction of sp³-hybridized carbons (Fsp3) is 0.316. The molecule has 0 aliphatic rings. The molecule has 2 aromatic carbocycles. The maximum absolute atomic E-state index is 12.8. The van der Waals surface area contributed by atoms with Gasteiger partial charge in [-0.15, -0.1) is 11.8 Å². The van der Waals surface area contributed by atoms with Gasteiger partial charge >= 0.3 is 0 Å². The van der Waals surface area contributed by atoms with E-state index >= 15 is 0 Å². The molecule has 0 unspecified atom stereocenters. The summed E-state index contributed by atoms with van der Waals surface area (Å²) in [6.45, 7) is 0.394. The number of carbonyl (C=O) groups is 1. The second-order valence-electron chi connectivity index (χ2n) is 5.35. The number of methoxy groups -OCH3 is 3. The number of thioether (sulfide) groups is 1. The van der Waals surface area contributed by atoms with E-state index in [9.17, 15) is 4.79 Å². The van der Waals surface area contributed by atoms with Gasteiger partial charge in [-0.25, -0.2) is 0 Å². The molecule has 6 heteroatoms. The first kappa shape index (κ1) is 19.0. The Morgan fingerprint density at radius 1 is 1.00 bits per heavy atom. The van der Waals surface area contributed by atoms with Crippen LogP contribution in [-0.4, -0.2) is 45.4 Å². The number of rotatable bonds is 7. The van der Waals surface area contributed by atoms with Crippen LogP contribution in [0.2, 0.25) is 0 Å². The van der Waals surface area contributed by atoms with Crippen molar-refractivity contribution in [2.24, 2.45) is 0 Å². The van der Waals surface area contributed by atoms with E-state index in [0.29, 0.717) is 29.4 Å². The van der Waals surface area contributed by atoms with Crippen molar-refractivity contribution in [3.05, 3.63) is 47.5 Å². The molecule has 0 aliphatic carbocycles. The molecule has 0 atom stereocenters. The van der Waals surface area contributed by atoms with Gasteiger partial charge in [0.25, 0.3) is 5.91 Å². The molecule has 2 rings (SSSR count). The zero-order chi connectivity index (χ0) is 18.4. The Morgan fingerprint density at radius 2 is 1.68 bits per heavy atom. The smallest absolute Gasteiger partial charge is 0.255 e. The number of amides is 1. The number of hydrogen-bond donors (Lipinski definition) is 0. The van der Waals surface area contributed by atoms with Gasteiger partial charge in [0.2, 0.25) is 5.75 Å². The Bertz CT molecular complexity index is 748. The van der Waals surface area contributed by atoms with Crippen LogP contribution in [0.5, 0.6) is 17.2 Å². The lowest BCUT2D eigenvalue weighted by molar-refractivity contribution is 0.0780. The second kappa shape index (κ2) is 8.67. The van der Waals surface area contributed by atoms with E-state index in [1.165, 1.54) is 0 Å².